The van der Waals surface area contributed by atoms with Gasteiger partial charge in [0.05, 0.1) is 18.4 Å². The number of nitrogens with zero attached hydrogens (tertiary/aromatic N) is 3. The number of ether oxygens (including phenoxy) is 1. The van der Waals surface area contributed by atoms with E-state index in [4.69, 9.17) is 9.84 Å². The fraction of sp³-hybridized carbons (Fsp3) is 0.545. The number of ketones is 1. The van der Waals surface area contributed by atoms with Crippen LogP contribution in [0.5, 0.6) is 0 Å². The lowest BCUT2D eigenvalue weighted by Gasteiger charge is -2.17. The van der Waals surface area contributed by atoms with Gasteiger partial charge in [-0.2, -0.15) is 5.10 Å². The molecule has 1 fully saturated rings. The fourth-order valence-corrected chi connectivity index (χ4v) is 2.27. The summed E-state index contributed by atoms with van der Waals surface area (Å²) in [5.41, 5.74) is 0.361. The minimum Gasteiger partial charge on any atom is -0.394 e. The van der Waals surface area contributed by atoms with Gasteiger partial charge in [-0.25, -0.2) is 9.67 Å². The smallest absolute Gasteiger partial charge is 0.181 e. The minimum atomic E-state index is -1.24. The topological polar surface area (TPSA) is 117 Å². The Kier molecular flexibility index (Phi) is 2.94. The Hall–Kier alpha value is -1.61. The van der Waals surface area contributed by atoms with Crippen LogP contribution in [0.25, 0.3) is 0 Å². The Bertz CT molecular complexity index is 540. The van der Waals surface area contributed by atoms with Gasteiger partial charge < -0.3 is 20.1 Å². The molecule has 4 atom stereocenters. The van der Waals surface area contributed by atoms with Gasteiger partial charge in [0, 0.05) is 12.6 Å². The van der Waals surface area contributed by atoms with E-state index >= 15 is 0 Å². The van der Waals surface area contributed by atoms with Gasteiger partial charge in [0.2, 0.25) is 0 Å². The number of rotatable bonds is 2. The zero-order chi connectivity index (χ0) is 13.6. The predicted octanol–water partition coefficient (Wildman–Crippen LogP) is -1.22. The van der Waals surface area contributed by atoms with Crippen LogP contribution in [-0.2, 0) is 4.74 Å². The summed E-state index contributed by atoms with van der Waals surface area (Å²) in [6.45, 7) is -0.416. The molecule has 0 unspecified atom stereocenters. The van der Waals surface area contributed by atoms with E-state index < -0.39 is 31.1 Å². The van der Waals surface area contributed by atoms with Crippen LogP contribution >= 0.6 is 0 Å². The standard InChI is InChI=1S/C11H13N3O5/c15-4-7-8(17)9(18)11(19-7)14-10-5(3-13-14)6(16)1-2-12-10/h2-3,7-9,11,15,17-18H,1,4H2/t7-,8-,9+,11-/m1/s1. The molecule has 19 heavy (non-hydrogen) atoms. The van der Waals surface area contributed by atoms with E-state index in [2.05, 4.69) is 10.1 Å². The van der Waals surface area contributed by atoms with Crippen LogP contribution < -0.4 is 0 Å². The molecule has 0 aromatic carbocycles. The number of carbonyl (C=O) groups excluding carboxylic acids is 1. The molecule has 3 heterocycles. The summed E-state index contributed by atoms with van der Waals surface area (Å²) in [6, 6.07) is 0. The third-order valence-corrected chi connectivity index (χ3v) is 3.32. The second kappa shape index (κ2) is 4.49. The Morgan fingerprint density at radius 3 is 2.89 bits per heavy atom. The number of aromatic nitrogens is 2. The zero-order valence-electron chi connectivity index (χ0n) is 9.88. The summed E-state index contributed by atoms with van der Waals surface area (Å²) in [5, 5.41) is 32.6. The van der Waals surface area contributed by atoms with Crippen LogP contribution in [0.4, 0.5) is 5.82 Å². The molecule has 0 saturated carbocycles. The highest BCUT2D eigenvalue weighted by molar-refractivity contribution is 6.09. The molecule has 0 bridgehead atoms. The molecular weight excluding hydrogens is 254 g/mol. The molecule has 0 radical (unpaired) electrons. The molecule has 2 aliphatic heterocycles. The summed E-state index contributed by atoms with van der Waals surface area (Å²) < 4.78 is 6.60. The van der Waals surface area contributed by atoms with Crippen molar-refractivity contribution in [2.24, 2.45) is 4.99 Å². The lowest BCUT2D eigenvalue weighted by atomic mass is 10.1. The number of hydrogen-bond acceptors (Lipinski definition) is 7. The van der Waals surface area contributed by atoms with Gasteiger partial charge >= 0.3 is 0 Å². The first kappa shape index (κ1) is 12.4. The van der Waals surface area contributed by atoms with E-state index in [1.807, 2.05) is 0 Å². The molecule has 3 N–H and O–H groups in total. The number of hydrogen-bond donors (Lipinski definition) is 3. The van der Waals surface area contributed by atoms with Crippen molar-refractivity contribution in [3.05, 3.63) is 11.8 Å². The molecule has 0 amide bonds. The first-order chi connectivity index (χ1) is 9.13. The Balaban J connectivity index is 1.97. The highest BCUT2D eigenvalue weighted by Gasteiger charge is 2.45. The van der Waals surface area contributed by atoms with Crippen LogP contribution in [0, 0.1) is 0 Å². The number of aliphatic imine (C=N–C) groups is 1. The molecule has 1 saturated heterocycles. The predicted molar refractivity (Wildman–Crippen MR) is 62.3 cm³/mol. The fourth-order valence-electron chi connectivity index (χ4n) is 2.27. The summed E-state index contributed by atoms with van der Waals surface area (Å²) in [7, 11) is 0. The quantitative estimate of drug-likeness (QED) is 0.618. The lowest BCUT2D eigenvalue weighted by molar-refractivity contribution is -0.0576. The second-order valence-electron chi connectivity index (χ2n) is 4.49. The van der Waals surface area contributed by atoms with Gasteiger partial charge in [0.15, 0.2) is 17.8 Å². The normalized spacial score (nSPS) is 33.7. The number of aliphatic hydroxyl groups excluding tert-OH is 3. The first-order valence-corrected chi connectivity index (χ1v) is 5.89. The van der Waals surface area contributed by atoms with E-state index in [0.717, 1.165) is 0 Å². The molecule has 1 aromatic heterocycles. The Labute approximate surface area is 107 Å². The van der Waals surface area contributed by atoms with Gasteiger partial charge in [-0.05, 0) is 0 Å². The molecule has 102 valence electrons. The number of carbonyl (C=O) groups is 1. The van der Waals surface area contributed by atoms with E-state index in [-0.39, 0.29) is 12.2 Å². The van der Waals surface area contributed by atoms with Crippen molar-refractivity contribution in [3.8, 4) is 0 Å². The van der Waals surface area contributed by atoms with Crippen molar-refractivity contribution in [1.29, 1.82) is 0 Å². The Morgan fingerprint density at radius 2 is 2.21 bits per heavy atom. The summed E-state index contributed by atoms with van der Waals surface area (Å²) >= 11 is 0. The largest absolute Gasteiger partial charge is 0.394 e. The highest BCUT2D eigenvalue weighted by atomic mass is 16.6. The maximum Gasteiger partial charge on any atom is 0.181 e. The van der Waals surface area contributed by atoms with Gasteiger partial charge in [-0.15, -0.1) is 0 Å². The van der Waals surface area contributed by atoms with Gasteiger partial charge in [0.1, 0.15) is 18.3 Å². The number of fused-ring (bicyclic) bond motifs is 1. The van der Waals surface area contributed by atoms with Crippen molar-refractivity contribution < 1.29 is 24.9 Å². The van der Waals surface area contributed by atoms with Crippen LogP contribution in [0.2, 0.25) is 0 Å². The molecule has 8 heteroatoms. The third-order valence-electron chi connectivity index (χ3n) is 3.32. The van der Waals surface area contributed by atoms with Crippen molar-refractivity contribution in [2.75, 3.05) is 6.61 Å². The molecule has 0 spiro atoms. The summed E-state index contributed by atoms with van der Waals surface area (Å²) in [4.78, 5) is 15.7. The zero-order valence-corrected chi connectivity index (χ0v) is 9.88. The van der Waals surface area contributed by atoms with Crippen molar-refractivity contribution in [2.45, 2.75) is 31.0 Å². The highest BCUT2D eigenvalue weighted by Crippen LogP contribution is 2.34. The monoisotopic (exact) mass is 267 g/mol. The van der Waals surface area contributed by atoms with Gasteiger partial charge in [-0.1, -0.05) is 0 Å². The average molecular weight is 267 g/mol. The van der Waals surface area contributed by atoms with Crippen LogP contribution in [0.3, 0.4) is 0 Å². The average Bonchev–Trinajstić information content (AvgIpc) is 2.94. The second-order valence-corrected chi connectivity index (χ2v) is 4.49. The molecular formula is C11H13N3O5. The third kappa shape index (κ3) is 1.80. The first-order valence-electron chi connectivity index (χ1n) is 5.89. The van der Waals surface area contributed by atoms with Crippen molar-refractivity contribution >= 4 is 17.8 Å². The summed E-state index contributed by atoms with van der Waals surface area (Å²) in [6.07, 6.45) is -1.27. The molecule has 1 aromatic rings. The van der Waals surface area contributed by atoms with Crippen LogP contribution in [0.15, 0.2) is 11.2 Å². The molecule has 3 rings (SSSR count). The number of Topliss-reactive ketones (excluding diaryl/α,β-unsaturated/α-hetero) is 1. The molecule has 2 aliphatic rings. The van der Waals surface area contributed by atoms with Crippen molar-refractivity contribution in [1.82, 2.24) is 9.78 Å². The van der Waals surface area contributed by atoms with Gasteiger partial charge in [-0.3, -0.25) is 4.79 Å². The maximum atomic E-state index is 11.6. The number of aliphatic hydroxyl groups is 3. The SMILES string of the molecule is O=C1CC=Nc2c1cnn2[C@@H]1O[C@H](CO)[C@@H](O)[C@@H]1O. The van der Waals surface area contributed by atoms with Crippen molar-refractivity contribution in [3.63, 3.8) is 0 Å². The minimum absolute atomic E-state index is 0.108. The van der Waals surface area contributed by atoms with E-state index in [0.29, 0.717) is 11.4 Å². The lowest BCUT2D eigenvalue weighted by Crippen LogP contribution is -2.33. The summed E-state index contributed by atoms with van der Waals surface area (Å²) in [5.74, 6) is 0.189. The van der Waals surface area contributed by atoms with E-state index in [1.54, 1.807) is 0 Å². The maximum absolute atomic E-state index is 11.6. The van der Waals surface area contributed by atoms with Crippen LogP contribution in [0.1, 0.15) is 23.0 Å². The molecule has 8 nitrogen and oxygen atoms in total. The molecule has 0 aliphatic carbocycles. The Morgan fingerprint density at radius 1 is 1.42 bits per heavy atom. The van der Waals surface area contributed by atoms with Gasteiger partial charge in [0.25, 0.3) is 0 Å². The van der Waals surface area contributed by atoms with Crippen LogP contribution in [-0.4, -0.2) is 62.0 Å². The van der Waals surface area contributed by atoms with E-state index in [1.165, 1.54) is 17.1 Å². The van der Waals surface area contributed by atoms with E-state index in [9.17, 15) is 15.0 Å².